The molecule has 2 amide bonds. The zero-order valence-electron chi connectivity index (χ0n) is 15.8. The van der Waals surface area contributed by atoms with Crippen molar-refractivity contribution in [2.24, 2.45) is 5.92 Å². The Hall–Kier alpha value is -1.86. The zero-order valence-corrected chi connectivity index (χ0v) is 15.8. The van der Waals surface area contributed by atoms with Gasteiger partial charge in [-0.3, -0.25) is 14.5 Å². The van der Waals surface area contributed by atoms with Crippen molar-refractivity contribution in [3.05, 3.63) is 24.2 Å². The summed E-state index contributed by atoms with van der Waals surface area (Å²) < 4.78 is 10.8. The Morgan fingerprint density at radius 3 is 2.81 bits per heavy atom. The molecule has 0 bridgehead atoms. The number of amides is 2. The summed E-state index contributed by atoms with van der Waals surface area (Å²) in [6.07, 6.45) is 5.22. The maximum absolute atomic E-state index is 13.2. The summed E-state index contributed by atoms with van der Waals surface area (Å²) in [4.78, 5) is 31.8. The van der Waals surface area contributed by atoms with Crippen molar-refractivity contribution >= 4 is 11.8 Å². The molecule has 4 heterocycles. The van der Waals surface area contributed by atoms with E-state index in [2.05, 4.69) is 9.80 Å². The zero-order chi connectivity index (χ0) is 18.6. The fraction of sp³-hybridized carbons (Fsp3) is 0.700. The summed E-state index contributed by atoms with van der Waals surface area (Å²) in [5.41, 5.74) is 0. The molecule has 4 rings (SSSR count). The second-order valence-electron chi connectivity index (χ2n) is 7.85. The molecule has 3 aliphatic rings. The maximum atomic E-state index is 13.2. The molecule has 0 aromatic carbocycles. The van der Waals surface area contributed by atoms with E-state index >= 15 is 0 Å². The lowest BCUT2D eigenvalue weighted by atomic mass is 9.98. The summed E-state index contributed by atoms with van der Waals surface area (Å²) in [5, 5.41) is 0. The predicted molar refractivity (Wildman–Crippen MR) is 98.8 cm³/mol. The van der Waals surface area contributed by atoms with Gasteiger partial charge in [-0.1, -0.05) is 0 Å². The molecule has 0 aliphatic carbocycles. The van der Waals surface area contributed by atoms with Crippen LogP contribution in [0.1, 0.15) is 31.4 Å². The molecule has 7 nitrogen and oxygen atoms in total. The Bertz CT molecular complexity index is 642. The second-order valence-corrected chi connectivity index (χ2v) is 7.85. The topological polar surface area (TPSA) is 66.2 Å². The van der Waals surface area contributed by atoms with E-state index in [1.54, 1.807) is 11.2 Å². The molecule has 3 aliphatic heterocycles. The van der Waals surface area contributed by atoms with Crippen molar-refractivity contribution in [1.82, 2.24) is 14.7 Å². The van der Waals surface area contributed by atoms with E-state index in [0.29, 0.717) is 19.5 Å². The van der Waals surface area contributed by atoms with Gasteiger partial charge in [0.25, 0.3) is 0 Å². The lowest BCUT2D eigenvalue weighted by molar-refractivity contribution is -0.140. The number of carbonyl (C=O) groups excluding carboxylic acids is 2. The van der Waals surface area contributed by atoms with Gasteiger partial charge in [-0.15, -0.1) is 0 Å². The molecule has 3 saturated heterocycles. The molecule has 3 fully saturated rings. The highest BCUT2D eigenvalue weighted by Crippen LogP contribution is 2.26. The van der Waals surface area contributed by atoms with Gasteiger partial charge in [-0.05, 0) is 31.4 Å². The predicted octanol–water partition coefficient (Wildman–Crippen LogP) is 1.34. The molecule has 0 N–H and O–H groups in total. The first-order valence-corrected chi connectivity index (χ1v) is 10.1. The smallest absolute Gasteiger partial charge is 0.228 e. The average Bonchev–Trinajstić information content (AvgIpc) is 3.33. The van der Waals surface area contributed by atoms with Gasteiger partial charge in [0.15, 0.2) is 0 Å². The Morgan fingerprint density at radius 1 is 1.19 bits per heavy atom. The molecule has 27 heavy (non-hydrogen) atoms. The number of ether oxygens (including phenoxy) is 1. The Labute approximate surface area is 160 Å². The van der Waals surface area contributed by atoms with Crippen LogP contribution in [0.2, 0.25) is 0 Å². The van der Waals surface area contributed by atoms with E-state index in [4.69, 9.17) is 9.15 Å². The number of morpholine rings is 1. The van der Waals surface area contributed by atoms with E-state index in [9.17, 15) is 9.59 Å². The van der Waals surface area contributed by atoms with Crippen molar-refractivity contribution in [3.63, 3.8) is 0 Å². The number of piperidine rings is 1. The minimum Gasteiger partial charge on any atom is -0.467 e. The minimum atomic E-state index is -0.224. The van der Waals surface area contributed by atoms with Crippen molar-refractivity contribution in [1.29, 1.82) is 0 Å². The fourth-order valence-corrected chi connectivity index (χ4v) is 4.48. The highest BCUT2D eigenvalue weighted by atomic mass is 16.5. The number of furan rings is 1. The molecule has 148 valence electrons. The third-order valence-electron chi connectivity index (χ3n) is 5.97. The van der Waals surface area contributed by atoms with E-state index < -0.39 is 0 Å². The molecule has 1 aromatic rings. The van der Waals surface area contributed by atoms with E-state index in [1.165, 1.54) is 6.42 Å². The Kier molecular flexibility index (Phi) is 5.78. The normalized spacial score (nSPS) is 27.3. The van der Waals surface area contributed by atoms with Crippen LogP contribution in [0.15, 0.2) is 22.8 Å². The van der Waals surface area contributed by atoms with Crippen molar-refractivity contribution in [3.8, 4) is 0 Å². The number of likely N-dealkylation sites (tertiary alicyclic amines) is 2. The van der Waals surface area contributed by atoms with Gasteiger partial charge >= 0.3 is 0 Å². The summed E-state index contributed by atoms with van der Waals surface area (Å²) in [5.74, 6) is 0.743. The maximum Gasteiger partial charge on any atom is 0.228 e. The van der Waals surface area contributed by atoms with Gasteiger partial charge in [-0.2, -0.15) is 0 Å². The molecular formula is C20H29N3O4. The third-order valence-corrected chi connectivity index (χ3v) is 5.97. The molecule has 1 aromatic heterocycles. The standard InChI is InChI=1S/C20H29N3O4/c24-19-12-16(13-22(19)15-18-5-3-9-27-18)20(25)23-6-2-1-4-17(23)14-21-7-10-26-11-8-21/h3,5,9,16-17H,1-2,4,6-8,10-15H2. The van der Waals surface area contributed by atoms with Gasteiger partial charge in [0.05, 0.1) is 31.9 Å². The van der Waals surface area contributed by atoms with Crippen LogP contribution in [-0.2, 0) is 20.9 Å². The van der Waals surface area contributed by atoms with Gasteiger partial charge < -0.3 is 19.0 Å². The SMILES string of the molecule is O=C1CC(C(=O)N2CCCCC2CN2CCOCC2)CN1Cc1ccco1. The monoisotopic (exact) mass is 375 g/mol. The largest absolute Gasteiger partial charge is 0.467 e. The van der Waals surface area contributed by atoms with Crippen molar-refractivity contribution in [2.75, 3.05) is 45.9 Å². The van der Waals surface area contributed by atoms with Crippen molar-refractivity contribution < 1.29 is 18.7 Å². The van der Waals surface area contributed by atoms with Gasteiger partial charge in [0, 0.05) is 45.2 Å². The van der Waals surface area contributed by atoms with Gasteiger partial charge in [-0.25, -0.2) is 0 Å². The molecule has 0 radical (unpaired) electrons. The van der Waals surface area contributed by atoms with Gasteiger partial charge in [0.2, 0.25) is 11.8 Å². The highest BCUT2D eigenvalue weighted by molar-refractivity contribution is 5.89. The van der Waals surface area contributed by atoms with Crippen LogP contribution in [0.5, 0.6) is 0 Å². The van der Waals surface area contributed by atoms with Crippen LogP contribution in [0.4, 0.5) is 0 Å². The molecule has 7 heteroatoms. The third kappa shape index (κ3) is 4.35. The van der Waals surface area contributed by atoms with Crippen LogP contribution in [-0.4, -0.2) is 78.5 Å². The minimum absolute atomic E-state index is 0.0477. The number of nitrogens with zero attached hydrogens (tertiary/aromatic N) is 3. The Balaban J connectivity index is 1.37. The molecule has 2 unspecified atom stereocenters. The summed E-state index contributed by atoms with van der Waals surface area (Å²) in [6.45, 7) is 6.13. The summed E-state index contributed by atoms with van der Waals surface area (Å²) in [7, 11) is 0. The van der Waals surface area contributed by atoms with Gasteiger partial charge in [0.1, 0.15) is 5.76 Å². The first-order chi connectivity index (χ1) is 13.2. The first kappa shape index (κ1) is 18.5. The van der Waals surface area contributed by atoms with E-state index in [0.717, 1.165) is 58.0 Å². The molecule has 2 atom stereocenters. The molecular weight excluding hydrogens is 346 g/mol. The van der Waals surface area contributed by atoms with Crippen LogP contribution in [0.3, 0.4) is 0 Å². The number of hydrogen-bond donors (Lipinski definition) is 0. The lowest BCUT2D eigenvalue weighted by Crippen LogP contribution is -2.53. The fourth-order valence-electron chi connectivity index (χ4n) is 4.48. The highest BCUT2D eigenvalue weighted by Gasteiger charge is 2.39. The van der Waals surface area contributed by atoms with E-state index in [-0.39, 0.29) is 23.8 Å². The number of rotatable bonds is 5. The lowest BCUT2D eigenvalue weighted by Gasteiger charge is -2.40. The molecule has 0 saturated carbocycles. The Morgan fingerprint density at radius 2 is 2.04 bits per heavy atom. The van der Waals surface area contributed by atoms with E-state index in [1.807, 2.05) is 12.1 Å². The van der Waals surface area contributed by atoms with Crippen LogP contribution >= 0.6 is 0 Å². The van der Waals surface area contributed by atoms with Crippen LogP contribution in [0.25, 0.3) is 0 Å². The molecule has 0 spiro atoms. The van der Waals surface area contributed by atoms with Crippen molar-refractivity contribution in [2.45, 2.75) is 38.3 Å². The van der Waals surface area contributed by atoms with Crippen LogP contribution < -0.4 is 0 Å². The average molecular weight is 375 g/mol. The first-order valence-electron chi connectivity index (χ1n) is 10.1. The number of hydrogen-bond acceptors (Lipinski definition) is 5. The van der Waals surface area contributed by atoms with Crippen LogP contribution in [0, 0.1) is 5.92 Å². The summed E-state index contributed by atoms with van der Waals surface area (Å²) in [6, 6.07) is 3.95. The quantitative estimate of drug-likeness (QED) is 0.777. The number of carbonyl (C=O) groups is 2. The summed E-state index contributed by atoms with van der Waals surface area (Å²) >= 11 is 0. The second kappa shape index (κ2) is 8.44.